The summed E-state index contributed by atoms with van der Waals surface area (Å²) in [6.07, 6.45) is -2.81. The van der Waals surface area contributed by atoms with Crippen molar-refractivity contribution in [3.8, 4) is 0 Å². The van der Waals surface area contributed by atoms with Crippen LogP contribution in [0, 0.1) is 0 Å². The standard InChI is InChI=1S/C18H15F3N4O3S/c19-18(20,21)16-22-23-17(29-16)25-7-3-6-24(8-9-25)14(26)13-10-28-15(27)12-5-2-1-4-11(12)13/h1-2,4-5,10H,3,6-9H2. The number of nitrogens with zero attached hydrogens (tertiary/aromatic N) is 4. The maximum atomic E-state index is 13.0. The molecular formula is C18H15F3N4O3S. The second-order valence-corrected chi connectivity index (χ2v) is 7.46. The molecule has 3 heterocycles. The number of benzene rings is 1. The van der Waals surface area contributed by atoms with Crippen LogP contribution in [0.3, 0.4) is 0 Å². The molecule has 1 aliphatic rings. The van der Waals surface area contributed by atoms with Gasteiger partial charge < -0.3 is 14.2 Å². The number of anilines is 1. The SMILES string of the molecule is O=C(c1coc(=O)c2ccccc12)N1CCCN(c2nnc(C(F)(F)F)s2)CC1. The van der Waals surface area contributed by atoms with Gasteiger partial charge in [-0.3, -0.25) is 4.79 Å². The molecule has 1 fully saturated rings. The summed E-state index contributed by atoms with van der Waals surface area (Å²) in [5, 5.41) is 6.89. The van der Waals surface area contributed by atoms with E-state index in [2.05, 4.69) is 10.2 Å². The minimum atomic E-state index is -4.53. The van der Waals surface area contributed by atoms with E-state index in [0.717, 1.165) is 6.26 Å². The van der Waals surface area contributed by atoms with E-state index in [1.54, 1.807) is 34.1 Å². The average molecular weight is 424 g/mol. The number of alkyl halides is 3. The predicted molar refractivity (Wildman–Crippen MR) is 100 cm³/mol. The molecular weight excluding hydrogens is 409 g/mol. The number of fused-ring (bicyclic) bond motifs is 1. The molecule has 1 aliphatic heterocycles. The third-order valence-electron chi connectivity index (χ3n) is 4.66. The van der Waals surface area contributed by atoms with E-state index in [0.29, 0.717) is 54.7 Å². The lowest BCUT2D eigenvalue weighted by atomic mass is 10.1. The van der Waals surface area contributed by atoms with Gasteiger partial charge in [-0.15, -0.1) is 10.2 Å². The zero-order valence-corrected chi connectivity index (χ0v) is 15.8. The van der Waals surface area contributed by atoms with Crippen LogP contribution in [0.2, 0.25) is 0 Å². The highest BCUT2D eigenvalue weighted by atomic mass is 32.1. The molecule has 7 nitrogen and oxygen atoms in total. The van der Waals surface area contributed by atoms with Gasteiger partial charge in [-0.25, -0.2) is 4.79 Å². The Hall–Kier alpha value is -2.95. The topological polar surface area (TPSA) is 79.5 Å². The number of halogens is 3. The van der Waals surface area contributed by atoms with Crippen molar-refractivity contribution in [2.45, 2.75) is 12.6 Å². The summed E-state index contributed by atoms with van der Waals surface area (Å²) in [5.41, 5.74) is -0.236. The van der Waals surface area contributed by atoms with Crippen LogP contribution in [0.15, 0.2) is 39.7 Å². The van der Waals surface area contributed by atoms with Gasteiger partial charge in [0.05, 0.1) is 10.9 Å². The fourth-order valence-corrected chi connectivity index (χ4v) is 4.00. The smallest absolute Gasteiger partial charge is 0.430 e. The molecule has 1 aromatic carbocycles. The van der Waals surface area contributed by atoms with E-state index in [-0.39, 0.29) is 16.6 Å². The van der Waals surface area contributed by atoms with Crippen molar-refractivity contribution in [1.29, 1.82) is 0 Å². The van der Waals surface area contributed by atoms with Crippen LogP contribution >= 0.6 is 11.3 Å². The van der Waals surface area contributed by atoms with Gasteiger partial charge >= 0.3 is 11.8 Å². The van der Waals surface area contributed by atoms with Gasteiger partial charge in [0.25, 0.3) is 5.91 Å². The molecule has 29 heavy (non-hydrogen) atoms. The molecule has 0 N–H and O–H groups in total. The molecule has 0 bridgehead atoms. The van der Waals surface area contributed by atoms with Gasteiger partial charge in [0.1, 0.15) is 6.26 Å². The zero-order chi connectivity index (χ0) is 20.6. The predicted octanol–water partition coefficient (Wildman–Crippen LogP) is 3.02. The maximum Gasteiger partial charge on any atom is 0.445 e. The van der Waals surface area contributed by atoms with Crippen LogP contribution in [0.25, 0.3) is 10.8 Å². The van der Waals surface area contributed by atoms with Crippen molar-refractivity contribution in [3.05, 3.63) is 51.5 Å². The van der Waals surface area contributed by atoms with Gasteiger partial charge in [0.2, 0.25) is 10.1 Å². The highest BCUT2D eigenvalue weighted by Crippen LogP contribution is 2.34. The molecule has 0 aliphatic carbocycles. The zero-order valence-electron chi connectivity index (χ0n) is 15.0. The highest BCUT2D eigenvalue weighted by molar-refractivity contribution is 7.15. The molecule has 0 spiro atoms. The lowest BCUT2D eigenvalue weighted by Gasteiger charge is -2.21. The van der Waals surface area contributed by atoms with Gasteiger partial charge in [-0.1, -0.05) is 29.5 Å². The van der Waals surface area contributed by atoms with E-state index >= 15 is 0 Å². The molecule has 11 heteroatoms. The minimum Gasteiger partial charge on any atom is -0.430 e. The van der Waals surface area contributed by atoms with Crippen molar-refractivity contribution in [1.82, 2.24) is 15.1 Å². The summed E-state index contributed by atoms with van der Waals surface area (Å²) in [7, 11) is 0. The molecule has 2 aromatic heterocycles. The molecule has 3 aromatic rings. The summed E-state index contributed by atoms with van der Waals surface area (Å²) < 4.78 is 43.3. The Kier molecular flexibility index (Phi) is 4.99. The van der Waals surface area contributed by atoms with Crippen LogP contribution in [-0.2, 0) is 6.18 Å². The maximum absolute atomic E-state index is 13.0. The normalized spacial score (nSPS) is 15.6. The Bertz CT molecular complexity index is 1110. The van der Waals surface area contributed by atoms with Crippen molar-refractivity contribution < 1.29 is 22.4 Å². The van der Waals surface area contributed by atoms with Crippen LogP contribution in [0.5, 0.6) is 0 Å². The monoisotopic (exact) mass is 424 g/mol. The second kappa shape index (κ2) is 7.47. The Labute approximate surface area is 166 Å². The van der Waals surface area contributed by atoms with E-state index in [1.165, 1.54) is 0 Å². The number of amides is 1. The van der Waals surface area contributed by atoms with Crippen LogP contribution in [-0.4, -0.2) is 47.2 Å². The summed E-state index contributed by atoms with van der Waals surface area (Å²) in [6.45, 7) is 1.51. The first-order valence-electron chi connectivity index (χ1n) is 8.80. The fraction of sp³-hybridized carbons (Fsp3) is 0.333. The van der Waals surface area contributed by atoms with Crippen molar-refractivity contribution >= 4 is 33.1 Å². The third-order valence-corrected chi connectivity index (χ3v) is 5.69. The minimum absolute atomic E-state index is 0.183. The lowest BCUT2D eigenvalue weighted by Crippen LogP contribution is -2.35. The molecule has 0 saturated carbocycles. The molecule has 152 valence electrons. The molecule has 1 amide bonds. The number of carbonyl (C=O) groups excluding carboxylic acids is 1. The van der Waals surface area contributed by atoms with Gasteiger partial charge in [-0.2, -0.15) is 13.2 Å². The quantitative estimate of drug-likeness (QED) is 0.629. The number of aromatic nitrogens is 2. The number of carbonyl (C=O) groups is 1. The molecule has 1 saturated heterocycles. The summed E-state index contributed by atoms with van der Waals surface area (Å²) in [4.78, 5) is 28.2. The van der Waals surface area contributed by atoms with Crippen molar-refractivity contribution in [3.63, 3.8) is 0 Å². The Balaban J connectivity index is 1.53. The van der Waals surface area contributed by atoms with Crippen LogP contribution in [0.4, 0.5) is 18.3 Å². The summed E-state index contributed by atoms with van der Waals surface area (Å²) in [5.74, 6) is -0.292. The Morgan fingerprint density at radius 3 is 2.55 bits per heavy atom. The second-order valence-electron chi connectivity index (χ2n) is 6.50. The fourth-order valence-electron chi connectivity index (χ4n) is 3.24. The van der Waals surface area contributed by atoms with Crippen molar-refractivity contribution in [2.75, 3.05) is 31.1 Å². The first kappa shape index (κ1) is 19.4. The van der Waals surface area contributed by atoms with E-state index in [9.17, 15) is 22.8 Å². The molecule has 4 rings (SSSR count). The first-order chi connectivity index (χ1) is 13.8. The third kappa shape index (κ3) is 3.82. The lowest BCUT2D eigenvalue weighted by molar-refractivity contribution is -0.138. The summed E-state index contributed by atoms with van der Waals surface area (Å²) in [6, 6.07) is 6.70. The van der Waals surface area contributed by atoms with Crippen molar-refractivity contribution in [2.24, 2.45) is 0 Å². The summed E-state index contributed by atoms with van der Waals surface area (Å²) >= 11 is 0.491. The van der Waals surface area contributed by atoms with Crippen LogP contribution in [0.1, 0.15) is 21.8 Å². The molecule has 0 radical (unpaired) electrons. The van der Waals surface area contributed by atoms with Gasteiger partial charge in [0, 0.05) is 31.6 Å². The number of rotatable bonds is 2. The average Bonchev–Trinajstić information content (AvgIpc) is 3.07. The Morgan fingerprint density at radius 1 is 1.07 bits per heavy atom. The van der Waals surface area contributed by atoms with Crippen LogP contribution < -0.4 is 10.5 Å². The molecule has 0 unspecified atom stereocenters. The van der Waals surface area contributed by atoms with E-state index < -0.39 is 16.8 Å². The highest BCUT2D eigenvalue weighted by Gasteiger charge is 2.36. The van der Waals surface area contributed by atoms with Gasteiger partial charge in [-0.05, 0) is 12.5 Å². The van der Waals surface area contributed by atoms with E-state index in [1.807, 2.05) is 0 Å². The largest absolute Gasteiger partial charge is 0.445 e. The molecule has 0 atom stereocenters. The number of hydrogen-bond donors (Lipinski definition) is 0. The first-order valence-corrected chi connectivity index (χ1v) is 9.62. The number of hydrogen-bond acceptors (Lipinski definition) is 7. The van der Waals surface area contributed by atoms with Gasteiger partial charge in [0.15, 0.2) is 0 Å². The van der Waals surface area contributed by atoms with E-state index in [4.69, 9.17) is 4.42 Å². The Morgan fingerprint density at radius 2 is 1.83 bits per heavy atom.